The molecular formula is C13H28N2. The van der Waals surface area contributed by atoms with Crippen molar-refractivity contribution in [3.8, 4) is 0 Å². The number of hydrogen-bond acceptors (Lipinski definition) is 2. The molecule has 90 valence electrons. The fourth-order valence-electron chi connectivity index (χ4n) is 2.50. The Morgan fingerprint density at radius 2 is 2.20 bits per heavy atom. The molecule has 2 nitrogen and oxygen atoms in total. The molecule has 0 radical (unpaired) electrons. The molecule has 0 aromatic carbocycles. The zero-order valence-electron chi connectivity index (χ0n) is 10.7. The molecule has 0 amide bonds. The lowest BCUT2D eigenvalue weighted by Crippen LogP contribution is -2.38. The summed E-state index contributed by atoms with van der Waals surface area (Å²) in [5, 5.41) is 3.62. The van der Waals surface area contributed by atoms with Gasteiger partial charge in [-0.1, -0.05) is 33.6 Å². The van der Waals surface area contributed by atoms with Crippen LogP contribution >= 0.6 is 0 Å². The highest BCUT2D eigenvalue weighted by Gasteiger charge is 2.30. The molecule has 1 aliphatic rings. The Bertz CT molecular complexity index is 177. The molecule has 1 aliphatic carbocycles. The summed E-state index contributed by atoms with van der Waals surface area (Å²) in [4.78, 5) is 0. The van der Waals surface area contributed by atoms with E-state index in [0.29, 0.717) is 17.5 Å². The van der Waals surface area contributed by atoms with Gasteiger partial charge in [-0.2, -0.15) is 0 Å². The van der Waals surface area contributed by atoms with Crippen LogP contribution in [0.15, 0.2) is 0 Å². The van der Waals surface area contributed by atoms with Crippen molar-refractivity contribution in [2.75, 3.05) is 6.54 Å². The minimum atomic E-state index is 0.355. The third kappa shape index (κ3) is 4.98. The predicted molar refractivity (Wildman–Crippen MR) is 66.9 cm³/mol. The molecule has 15 heavy (non-hydrogen) atoms. The van der Waals surface area contributed by atoms with Crippen LogP contribution in [0.4, 0.5) is 0 Å². The van der Waals surface area contributed by atoms with Gasteiger partial charge in [-0.3, -0.25) is 0 Å². The topological polar surface area (TPSA) is 38.0 Å². The molecule has 0 aromatic heterocycles. The summed E-state index contributed by atoms with van der Waals surface area (Å²) >= 11 is 0. The molecule has 1 rings (SSSR count). The quantitative estimate of drug-likeness (QED) is 0.710. The largest absolute Gasteiger partial charge is 0.327 e. The van der Waals surface area contributed by atoms with E-state index in [2.05, 4.69) is 26.1 Å². The molecule has 3 N–H and O–H groups in total. The molecule has 2 heteroatoms. The van der Waals surface area contributed by atoms with Gasteiger partial charge >= 0.3 is 0 Å². The van der Waals surface area contributed by atoms with Gasteiger partial charge < -0.3 is 11.1 Å². The van der Waals surface area contributed by atoms with Crippen LogP contribution in [0, 0.1) is 5.41 Å². The molecule has 0 spiro atoms. The van der Waals surface area contributed by atoms with Gasteiger partial charge in [0.2, 0.25) is 0 Å². The highest BCUT2D eigenvalue weighted by molar-refractivity contribution is 4.86. The highest BCUT2D eigenvalue weighted by atomic mass is 14.9. The average Bonchev–Trinajstić information content (AvgIpc) is 2.52. The van der Waals surface area contributed by atoms with Crippen LogP contribution in [0.2, 0.25) is 0 Å². The minimum absolute atomic E-state index is 0.355. The summed E-state index contributed by atoms with van der Waals surface area (Å²) in [6.45, 7) is 7.96. The van der Waals surface area contributed by atoms with Crippen LogP contribution < -0.4 is 11.1 Å². The van der Waals surface area contributed by atoms with E-state index in [9.17, 15) is 0 Å². The normalized spacial score (nSPS) is 26.8. The second-order valence-corrected chi connectivity index (χ2v) is 5.91. The summed E-state index contributed by atoms with van der Waals surface area (Å²) < 4.78 is 0. The number of nitrogens with two attached hydrogens (primary N) is 1. The van der Waals surface area contributed by atoms with Crippen LogP contribution in [0.5, 0.6) is 0 Å². The lowest BCUT2D eigenvalue weighted by Gasteiger charge is -2.19. The Kier molecular flexibility index (Phi) is 5.07. The van der Waals surface area contributed by atoms with Crippen LogP contribution in [0.1, 0.15) is 59.3 Å². The maximum Gasteiger partial charge on any atom is 0.0165 e. The lowest BCUT2D eigenvalue weighted by atomic mass is 9.92. The molecule has 2 atom stereocenters. The fourth-order valence-corrected chi connectivity index (χ4v) is 2.50. The van der Waals surface area contributed by atoms with E-state index in [1.807, 2.05) is 0 Å². The fraction of sp³-hybridized carbons (Fsp3) is 1.00. The summed E-state index contributed by atoms with van der Waals surface area (Å²) in [7, 11) is 0. The van der Waals surface area contributed by atoms with Crippen molar-refractivity contribution < 1.29 is 0 Å². The van der Waals surface area contributed by atoms with Crippen molar-refractivity contribution in [3.63, 3.8) is 0 Å². The molecule has 0 bridgehead atoms. The van der Waals surface area contributed by atoms with Gasteiger partial charge in [-0.25, -0.2) is 0 Å². The smallest absolute Gasteiger partial charge is 0.0165 e. The van der Waals surface area contributed by atoms with Gasteiger partial charge in [-0.15, -0.1) is 0 Å². The SMILES string of the molecule is CCCCC(N)CNC1CCC(C)(C)C1. The minimum Gasteiger partial charge on any atom is -0.327 e. The van der Waals surface area contributed by atoms with Gasteiger partial charge in [-0.05, 0) is 31.1 Å². The first-order valence-electron chi connectivity index (χ1n) is 6.52. The van der Waals surface area contributed by atoms with Gasteiger partial charge in [0.1, 0.15) is 0 Å². The second-order valence-electron chi connectivity index (χ2n) is 5.91. The van der Waals surface area contributed by atoms with Crippen molar-refractivity contribution in [1.29, 1.82) is 0 Å². The summed E-state index contributed by atoms with van der Waals surface area (Å²) in [6, 6.07) is 1.07. The Hall–Kier alpha value is -0.0800. The summed E-state index contributed by atoms with van der Waals surface area (Å²) in [5.41, 5.74) is 6.59. The van der Waals surface area contributed by atoms with Crippen LogP contribution in [0.3, 0.4) is 0 Å². The maximum atomic E-state index is 6.04. The molecule has 0 aliphatic heterocycles. The van der Waals surface area contributed by atoms with Gasteiger partial charge in [0, 0.05) is 18.6 Å². The van der Waals surface area contributed by atoms with E-state index < -0.39 is 0 Å². The van der Waals surface area contributed by atoms with Gasteiger partial charge in [0.15, 0.2) is 0 Å². The Morgan fingerprint density at radius 3 is 2.73 bits per heavy atom. The molecule has 0 heterocycles. The van der Waals surface area contributed by atoms with E-state index in [1.54, 1.807) is 0 Å². The third-order valence-electron chi connectivity index (χ3n) is 3.57. The molecular weight excluding hydrogens is 184 g/mol. The third-order valence-corrected chi connectivity index (χ3v) is 3.57. The van der Waals surface area contributed by atoms with Gasteiger partial charge in [0.25, 0.3) is 0 Å². The standard InChI is InChI=1S/C13H28N2/c1-4-5-6-11(14)10-15-12-7-8-13(2,3)9-12/h11-12,15H,4-10,14H2,1-3H3. The number of hydrogen-bond donors (Lipinski definition) is 2. The van der Waals surface area contributed by atoms with Gasteiger partial charge in [0.05, 0.1) is 0 Å². The van der Waals surface area contributed by atoms with E-state index in [0.717, 1.165) is 6.54 Å². The Balaban J connectivity index is 2.10. The first-order valence-corrected chi connectivity index (χ1v) is 6.52. The summed E-state index contributed by atoms with van der Waals surface area (Å²) in [5.74, 6) is 0. The second kappa shape index (κ2) is 5.86. The monoisotopic (exact) mass is 212 g/mol. The first kappa shape index (κ1) is 13.0. The van der Waals surface area contributed by atoms with Crippen molar-refractivity contribution in [2.24, 2.45) is 11.1 Å². The zero-order chi connectivity index (χ0) is 11.3. The number of unbranched alkanes of at least 4 members (excludes halogenated alkanes) is 1. The van der Waals surface area contributed by atoms with E-state index >= 15 is 0 Å². The molecule has 0 saturated heterocycles. The lowest BCUT2D eigenvalue weighted by molar-refractivity contribution is 0.360. The van der Waals surface area contributed by atoms with E-state index in [1.165, 1.54) is 38.5 Å². The molecule has 0 aromatic rings. The molecule has 1 saturated carbocycles. The number of rotatable bonds is 6. The zero-order valence-corrected chi connectivity index (χ0v) is 10.7. The molecule has 1 fully saturated rings. The van der Waals surface area contributed by atoms with Crippen LogP contribution in [0.25, 0.3) is 0 Å². The van der Waals surface area contributed by atoms with Crippen molar-refractivity contribution >= 4 is 0 Å². The number of nitrogens with one attached hydrogen (secondary N) is 1. The Labute approximate surface area is 95.0 Å². The first-order chi connectivity index (χ1) is 7.03. The van der Waals surface area contributed by atoms with Crippen molar-refractivity contribution in [2.45, 2.75) is 71.4 Å². The van der Waals surface area contributed by atoms with Crippen LogP contribution in [-0.4, -0.2) is 18.6 Å². The average molecular weight is 212 g/mol. The highest BCUT2D eigenvalue weighted by Crippen LogP contribution is 2.36. The van der Waals surface area contributed by atoms with Crippen LogP contribution in [-0.2, 0) is 0 Å². The van der Waals surface area contributed by atoms with E-state index in [-0.39, 0.29) is 0 Å². The molecule has 2 unspecified atom stereocenters. The Morgan fingerprint density at radius 1 is 1.47 bits per heavy atom. The van der Waals surface area contributed by atoms with E-state index in [4.69, 9.17) is 5.73 Å². The van der Waals surface area contributed by atoms with Crippen molar-refractivity contribution in [3.05, 3.63) is 0 Å². The predicted octanol–water partition coefficient (Wildman–Crippen LogP) is 2.67. The van der Waals surface area contributed by atoms with Crippen molar-refractivity contribution in [1.82, 2.24) is 5.32 Å². The maximum absolute atomic E-state index is 6.04. The summed E-state index contributed by atoms with van der Waals surface area (Å²) in [6.07, 6.45) is 7.68.